The van der Waals surface area contributed by atoms with Crippen LogP contribution in [0.1, 0.15) is 48.6 Å². The summed E-state index contributed by atoms with van der Waals surface area (Å²) in [6.45, 7) is 2.44. The second-order valence-corrected chi connectivity index (χ2v) is 6.38. The van der Waals surface area contributed by atoms with Gasteiger partial charge < -0.3 is 5.11 Å². The van der Waals surface area contributed by atoms with Crippen LogP contribution < -0.4 is 0 Å². The molecule has 0 radical (unpaired) electrons. The van der Waals surface area contributed by atoms with Gasteiger partial charge in [-0.1, -0.05) is 30.3 Å². The van der Waals surface area contributed by atoms with Crippen molar-refractivity contribution in [2.75, 3.05) is 6.54 Å². The molecule has 0 aliphatic heterocycles. The first kappa shape index (κ1) is 16.6. The van der Waals surface area contributed by atoms with E-state index in [1.54, 1.807) is 30.3 Å². The van der Waals surface area contributed by atoms with Crippen LogP contribution in [0.15, 0.2) is 48.5 Å². The Hall–Kier alpha value is -2.22. The van der Waals surface area contributed by atoms with Gasteiger partial charge >= 0.3 is 0 Å². The molecule has 24 heavy (non-hydrogen) atoms. The van der Waals surface area contributed by atoms with Gasteiger partial charge in [0.15, 0.2) is 0 Å². The summed E-state index contributed by atoms with van der Waals surface area (Å²) in [7, 11) is 0. The van der Waals surface area contributed by atoms with Crippen LogP contribution in [0.25, 0.3) is 0 Å². The van der Waals surface area contributed by atoms with Gasteiger partial charge in [0, 0.05) is 24.2 Å². The Labute approximate surface area is 142 Å². The van der Waals surface area contributed by atoms with Gasteiger partial charge in [0.2, 0.25) is 0 Å². The van der Waals surface area contributed by atoms with Crippen LogP contribution in [0.4, 0.5) is 4.39 Å². The van der Waals surface area contributed by atoms with E-state index in [9.17, 15) is 9.50 Å². The molecule has 1 aliphatic rings. The molecule has 0 amide bonds. The first-order valence-corrected chi connectivity index (χ1v) is 8.28. The van der Waals surface area contributed by atoms with Crippen LogP contribution in [0.5, 0.6) is 0 Å². The van der Waals surface area contributed by atoms with Crippen LogP contribution in [0.2, 0.25) is 0 Å². The second-order valence-electron chi connectivity index (χ2n) is 6.38. The highest BCUT2D eigenvalue weighted by Crippen LogP contribution is 2.36. The lowest BCUT2D eigenvalue weighted by Crippen LogP contribution is -2.33. The predicted molar refractivity (Wildman–Crippen MR) is 90.7 cm³/mol. The number of halogens is 1. The fourth-order valence-corrected chi connectivity index (χ4v) is 3.11. The van der Waals surface area contributed by atoms with Crippen molar-refractivity contribution in [2.45, 2.75) is 38.0 Å². The monoisotopic (exact) mass is 324 g/mol. The highest BCUT2D eigenvalue weighted by atomic mass is 19.1. The minimum Gasteiger partial charge on any atom is -0.387 e. The van der Waals surface area contributed by atoms with Gasteiger partial charge in [-0.25, -0.2) is 4.39 Å². The van der Waals surface area contributed by atoms with E-state index in [2.05, 4.69) is 11.0 Å². The third-order valence-corrected chi connectivity index (χ3v) is 4.68. The van der Waals surface area contributed by atoms with E-state index in [-0.39, 0.29) is 11.9 Å². The fourth-order valence-electron chi connectivity index (χ4n) is 3.11. The zero-order chi connectivity index (χ0) is 17.1. The average molecular weight is 324 g/mol. The third kappa shape index (κ3) is 3.64. The molecular formula is C20H21FN2O. The summed E-state index contributed by atoms with van der Waals surface area (Å²) in [5.41, 5.74) is 2.02. The van der Waals surface area contributed by atoms with E-state index in [0.29, 0.717) is 23.7 Å². The van der Waals surface area contributed by atoms with E-state index in [1.165, 1.54) is 6.07 Å². The van der Waals surface area contributed by atoms with E-state index < -0.39 is 6.10 Å². The zero-order valence-corrected chi connectivity index (χ0v) is 13.7. The summed E-state index contributed by atoms with van der Waals surface area (Å²) in [4.78, 5) is 2.18. The molecule has 124 valence electrons. The number of nitrogens with zero attached hydrogens (tertiary/aromatic N) is 2. The molecule has 0 bridgehead atoms. The topological polar surface area (TPSA) is 47.3 Å². The number of nitriles is 1. The first-order valence-electron chi connectivity index (χ1n) is 8.28. The van der Waals surface area contributed by atoms with Crippen molar-refractivity contribution in [1.82, 2.24) is 4.90 Å². The lowest BCUT2D eigenvalue weighted by molar-refractivity contribution is 0.0844. The van der Waals surface area contributed by atoms with Gasteiger partial charge in [-0.05, 0) is 43.5 Å². The molecule has 2 atom stereocenters. The maximum atomic E-state index is 14.1. The number of hydrogen-bond acceptors (Lipinski definition) is 3. The molecule has 3 rings (SSSR count). The summed E-state index contributed by atoms with van der Waals surface area (Å²) in [6.07, 6.45) is 1.50. The van der Waals surface area contributed by atoms with Crippen molar-refractivity contribution in [3.05, 3.63) is 71.0 Å². The predicted octanol–water partition coefficient (Wildman–Crippen LogP) is 3.96. The second kappa shape index (κ2) is 7.12. The van der Waals surface area contributed by atoms with Crippen molar-refractivity contribution in [3.8, 4) is 6.07 Å². The number of aliphatic hydroxyl groups excluding tert-OH is 1. The standard InChI is InChI=1S/C20H21FN2O/c1-14(18-4-2-3-5-19(18)21)23(17-10-11-17)13-20(24)16-8-6-15(12-22)7-9-16/h2-9,14,17,20,24H,10-11,13H2,1H3. The van der Waals surface area contributed by atoms with Gasteiger partial charge in [0.25, 0.3) is 0 Å². The van der Waals surface area contributed by atoms with Crippen LogP contribution >= 0.6 is 0 Å². The molecule has 2 aromatic carbocycles. The van der Waals surface area contributed by atoms with E-state index in [1.807, 2.05) is 19.1 Å². The van der Waals surface area contributed by atoms with Crippen LogP contribution in [-0.4, -0.2) is 22.6 Å². The summed E-state index contributed by atoms with van der Waals surface area (Å²) in [5, 5.41) is 19.4. The summed E-state index contributed by atoms with van der Waals surface area (Å²) >= 11 is 0. The minimum atomic E-state index is -0.660. The van der Waals surface area contributed by atoms with Crippen LogP contribution in [0, 0.1) is 17.1 Å². The molecule has 2 aromatic rings. The highest BCUT2D eigenvalue weighted by Gasteiger charge is 2.34. The quantitative estimate of drug-likeness (QED) is 0.875. The molecule has 4 heteroatoms. The molecule has 0 saturated heterocycles. The fraction of sp³-hybridized carbons (Fsp3) is 0.350. The maximum Gasteiger partial charge on any atom is 0.127 e. The molecule has 1 fully saturated rings. The molecule has 1 aliphatic carbocycles. The smallest absolute Gasteiger partial charge is 0.127 e. The number of hydrogen-bond donors (Lipinski definition) is 1. The van der Waals surface area contributed by atoms with E-state index in [4.69, 9.17) is 5.26 Å². The van der Waals surface area contributed by atoms with Crippen LogP contribution in [0.3, 0.4) is 0 Å². The zero-order valence-electron chi connectivity index (χ0n) is 13.7. The first-order chi connectivity index (χ1) is 11.6. The van der Waals surface area contributed by atoms with E-state index >= 15 is 0 Å². The van der Waals surface area contributed by atoms with Gasteiger partial charge in [-0.2, -0.15) is 5.26 Å². The van der Waals surface area contributed by atoms with Crippen molar-refractivity contribution in [3.63, 3.8) is 0 Å². The molecule has 1 N–H and O–H groups in total. The van der Waals surface area contributed by atoms with Crippen molar-refractivity contribution in [1.29, 1.82) is 5.26 Å². The molecule has 0 spiro atoms. The largest absolute Gasteiger partial charge is 0.387 e. The Kier molecular flexibility index (Phi) is 4.94. The normalized spacial score (nSPS) is 16.6. The molecule has 3 nitrogen and oxygen atoms in total. The lowest BCUT2D eigenvalue weighted by Gasteiger charge is -2.31. The Morgan fingerprint density at radius 2 is 1.88 bits per heavy atom. The molecule has 0 heterocycles. The molecule has 2 unspecified atom stereocenters. The number of aliphatic hydroxyl groups is 1. The molecule has 1 saturated carbocycles. The van der Waals surface area contributed by atoms with Crippen molar-refractivity contribution in [2.24, 2.45) is 0 Å². The SMILES string of the molecule is CC(c1ccccc1F)N(CC(O)c1ccc(C#N)cc1)C1CC1. The van der Waals surface area contributed by atoms with Crippen molar-refractivity contribution >= 4 is 0 Å². The van der Waals surface area contributed by atoms with Crippen LogP contribution in [-0.2, 0) is 0 Å². The van der Waals surface area contributed by atoms with Gasteiger partial charge in [0.05, 0.1) is 17.7 Å². The summed E-state index contributed by atoms with van der Waals surface area (Å²) in [5.74, 6) is -0.205. The Balaban J connectivity index is 1.76. The third-order valence-electron chi connectivity index (χ3n) is 4.68. The van der Waals surface area contributed by atoms with Gasteiger partial charge in [-0.15, -0.1) is 0 Å². The van der Waals surface area contributed by atoms with Gasteiger partial charge in [0.1, 0.15) is 5.82 Å². The van der Waals surface area contributed by atoms with Crippen molar-refractivity contribution < 1.29 is 9.50 Å². The minimum absolute atomic E-state index is 0.0910. The molecule has 0 aromatic heterocycles. The highest BCUT2D eigenvalue weighted by molar-refractivity contribution is 5.32. The Morgan fingerprint density at radius 1 is 1.21 bits per heavy atom. The number of rotatable bonds is 6. The Morgan fingerprint density at radius 3 is 2.46 bits per heavy atom. The average Bonchev–Trinajstić information content (AvgIpc) is 3.44. The van der Waals surface area contributed by atoms with E-state index in [0.717, 1.165) is 18.4 Å². The lowest BCUT2D eigenvalue weighted by atomic mass is 10.0. The maximum absolute atomic E-state index is 14.1. The Bertz CT molecular complexity index is 734. The van der Waals surface area contributed by atoms with Gasteiger partial charge in [-0.3, -0.25) is 4.90 Å². The summed E-state index contributed by atoms with van der Waals surface area (Å²) < 4.78 is 14.1. The summed E-state index contributed by atoms with van der Waals surface area (Å²) in [6, 6.07) is 16.2. The molecular weight excluding hydrogens is 303 g/mol. The number of benzene rings is 2.